The summed E-state index contributed by atoms with van der Waals surface area (Å²) in [7, 11) is 0. The van der Waals surface area contributed by atoms with E-state index in [1.54, 1.807) is 12.1 Å². The van der Waals surface area contributed by atoms with Gasteiger partial charge in [0.2, 0.25) is 0 Å². The van der Waals surface area contributed by atoms with Gasteiger partial charge in [0, 0.05) is 28.5 Å². The molecule has 1 amide bonds. The molecule has 1 heterocycles. The summed E-state index contributed by atoms with van der Waals surface area (Å²) in [5, 5.41) is 16.0. The van der Waals surface area contributed by atoms with E-state index in [1.165, 1.54) is 23.9 Å². The zero-order valence-electron chi connectivity index (χ0n) is 23.3. The van der Waals surface area contributed by atoms with E-state index in [-0.39, 0.29) is 17.4 Å². The van der Waals surface area contributed by atoms with Crippen molar-refractivity contribution in [3.8, 4) is 0 Å². The molecule has 0 N–H and O–H groups in total. The van der Waals surface area contributed by atoms with Crippen molar-refractivity contribution in [3.63, 3.8) is 0 Å². The fraction of sp³-hybridized carbons (Fsp3) is 0.0286. The molecule has 5 aromatic carbocycles. The first-order valence-corrected chi connectivity index (χ1v) is 16.9. The predicted molar refractivity (Wildman–Crippen MR) is 185 cm³/mol. The van der Waals surface area contributed by atoms with Crippen LogP contribution in [0, 0.1) is 10.1 Å². The van der Waals surface area contributed by atoms with Gasteiger partial charge in [0.05, 0.1) is 10.2 Å². The molecule has 216 valence electrons. The molecular weight excluding hydrogens is 609 g/mol. The van der Waals surface area contributed by atoms with Gasteiger partial charge in [0.1, 0.15) is 5.04 Å². The number of thioether (sulfide) groups is 1. The summed E-state index contributed by atoms with van der Waals surface area (Å²) < 4.78 is 0. The molecular formula is C35H25ClN3O3PS. The molecule has 0 aromatic heterocycles. The zero-order valence-corrected chi connectivity index (χ0v) is 25.8. The van der Waals surface area contributed by atoms with Gasteiger partial charge in [-0.15, -0.1) is 11.8 Å². The third-order valence-corrected chi connectivity index (χ3v) is 13.1. The molecule has 0 spiro atoms. The van der Waals surface area contributed by atoms with E-state index in [0.29, 0.717) is 26.7 Å². The van der Waals surface area contributed by atoms with Crippen LogP contribution in [0.4, 0.5) is 5.69 Å². The van der Waals surface area contributed by atoms with Crippen LogP contribution in [0.15, 0.2) is 150 Å². The number of hydrogen-bond acceptors (Lipinski definition) is 5. The van der Waals surface area contributed by atoms with Crippen molar-refractivity contribution in [1.82, 2.24) is 0 Å². The average Bonchev–Trinajstić information content (AvgIpc) is 3.07. The Labute approximate surface area is 264 Å². The second-order valence-electron chi connectivity index (χ2n) is 9.87. The summed E-state index contributed by atoms with van der Waals surface area (Å²) in [4.78, 5) is 35.0. The number of amides is 1. The number of amidine groups is 1. The van der Waals surface area contributed by atoms with Gasteiger partial charge in [-0.3, -0.25) is 14.9 Å². The van der Waals surface area contributed by atoms with Crippen molar-refractivity contribution in [3.05, 3.63) is 166 Å². The molecule has 0 fully saturated rings. The van der Waals surface area contributed by atoms with Crippen molar-refractivity contribution in [2.75, 3.05) is 0 Å². The second-order valence-corrected chi connectivity index (χ2v) is 14.6. The Bertz CT molecular complexity index is 1860. The number of carbonyl (C=O) groups excluding carboxylic acids is 1. The maximum absolute atomic E-state index is 14.6. The Morgan fingerprint density at radius 3 is 1.68 bits per heavy atom. The van der Waals surface area contributed by atoms with Crippen LogP contribution in [0.1, 0.15) is 11.1 Å². The third-order valence-electron chi connectivity index (χ3n) is 7.24. The average molecular weight is 634 g/mol. The lowest BCUT2D eigenvalue weighted by molar-refractivity contribution is -0.384. The van der Waals surface area contributed by atoms with Gasteiger partial charge in [-0.2, -0.15) is 4.99 Å². The lowest BCUT2D eigenvalue weighted by Crippen LogP contribution is -2.38. The van der Waals surface area contributed by atoms with Crippen molar-refractivity contribution in [1.29, 1.82) is 0 Å². The van der Waals surface area contributed by atoms with Gasteiger partial charge in [-0.1, -0.05) is 121 Å². The molecule has 0 aliphatic carbocycles. The van der Waals surface area contributed by atoms with Crippen molar-refractivity contribution in [2.24, 2.45) is 9.98 Å². The minimum atomic E-state index is -2.83. The molecule has 0 saturated carbocycles. The topological polar surface area (TPSA) is 84.9 Å². The first-order valence-electron chi connectivity index (χ1n) is 13.7. The minimum Gasteiger partial charge on any atom is -0.267 e. The van der Waals surface area contributed by atoms with Crippen molar-refractivity contribution < 1.29 is 9.72 Å². The van der Waals surface area contributed by atoms with E-state index in [4.69, 9.17) is 16.6 Å². The first-order chi connectivity index (χ1) is 21.5. The Kier molecular flexibility index (Phi) is 8.71. The number of nitrogens with zero attached hydrogens (tertiary/aromatic N) is 3. The molecule has 0 saturated heterocycles. The highest BCUT2D eigenvalue weighted by molar-refractivity contribution is 8.18. The predicted octanol–water partition coefficient (Wildman–Crippen LogP) is 7.03. The standard InChI is InChI=1S/C35H25ClN3O3PS/c36-31-19-11-10-12-26(31)24-44-35-32(34(40)37-33(38-35)25-20-22-27(23-21-25)39(41)42)43(28-13-4-1-5-14-28,29-15-6-2-7-16-29)30-17-8-3-9-18-30/h1-23H,24H2. The number of nitro benzene ring substituents is 1. The van der Waals surface area contributed by atoms with E-state index >= 15 is 0 Å². The van der Waals surface area contributed by atoms with Crippen LogP contribution in [-0.4, -0.2) is 27.0 Å². The molecule has 1 aliphatic rings. The lowest BCUT2D eigenvalue weighted by Gasteiger charge is -2.33. The Morgan fingerprint density at radius 1 is 0.682 bits per heavy atom. The van der Waals surface area contributed by atoms with Crippen LogP contribution >= 0.6 is 30.2 Å². The zero-order chi connectivity index (χ0) is 30.5. The molecule has 0 unspecified atom stereocenters. The Balaban J connectivity index is 1.66. The highest BCUT2D eigenvalue weighted by Crippen LogP contribution is 2.48. The lowest BCUT2D eigenvalue weighted by atomic mass is 10.2. The summed E-state index contributed by atoms with van der Waals surface area (Å²) in [6.45, 7) is -2.83. The van der Waals surface area contributed by atoms with E-state index in [1.807, 2.05) is 78.9 Å². The van der Waals surface area contributed by atoms with Crippen molar-refractivity contribution in [2.45, 2.75) is 5.75 Å². The molecule has 1 aliphatic heterocycles. The first kappa shape index (κ1) is 29.5. The third kappa shape index (κ3) is 5.70. The molecule has 0 atom stereocenters. The number of rotatable bonds is 7. The summed E-state index contributed by atoms with van der Waals surface area (Å²) >= 11 is 7.99. The quantitative estimate of drug-likeness (QED) is 0.109. The molecule has 5 aromatic rings. The van der Waals surface area contributed by atoms with Gasteiger partial charge in [0.15, 0.2) is 5.84 Å². The van der Waals surface area contributed by atoms with E-state index in [0.717, 1.165) is 21.5 Å². The molecule has 6 nitrogen and oxygen atoms in total. The van der Waals surface area contributed by atoms with Crippen LogP contribution in [0.3, 0.4) is 0 Å². The maximum atomic E-state index is 14.6. The van der Waals surface area contributed by atoms with Crippen LogP contribution in [-0.2, 0) is 10.5 Å². The van der Waals surface area contributed by atoms with E-state index < -0.39 is 11.8 Å². The SMILES string of the molecule is O=C1N=C(c2ccc([N+](=O)[O-])cc2)N=C(SCc2ccccc2Cl)C1=P(c1ccccc1)(c1ccccc1)c1ccccc1. The fourth-order valence-corrected chi connectivity index (χ4v) is 11.2. The largest absolute Gasteiger partial charge is 0.282 e. The van der Waals surface area contributed by atoms with Crippen LogP contribution in [0.5, 0.6) is 0 Å². The molecule has 0 bridgehead atoms. The minimum absolute atomic E-state index is 0.0526. The number of hydrogen-bond donors (Lipinski definition) is 0. The fourth-order valence-electron chi connectivity index (χ4n) is 5.21. The highest BCUT2D eigenvalue weighted by atomic mass is 35.5. The van der Waals surface area contributed by atoms with E-state index in [2.05, 4.69) is 41.4 Å². The monoisotopic (exact) mass is 633 g/mol. The summed E-state index contributed by atoms with van der Waals surface area (Å²) in [6, 6.07) is 43.8. The van der Waals surface area contributed by atoms with Gasteiger partial charge < -0.3 is 0 Å². The number of non-ortho nitro benzene ring substituents is 1. The molecule has 0 radical (unpaired) electrons. The number of halogens is 1. The number of aliphatic imine (C=N–C) groups is 2. The van der Waals surface area contributed by atoms with Crippen LogP contribution in [0.2, 0.25) is 5.02 Å². The Morgan fingerprint density at radius 2 is 1.18 bits per heavy atom. The second kappa shape index (κ2) is 13.0. The summed E-state index contributed by atoms with van der Waals surface area (Å²) in [5.41, 5.74) is 1.38. The number of nitro groups is 1. The Hall–Kier alpha value is -4.55. The smallest absolute Gasteiger partial charge is 0.267 e. The maximum Gasteiger partial charge on any atom is 0.282 e. The number of carbonyl (C=O) groups is 1. The van der Waals surface area contributed by atoms with Crippen LogP contribution < -0.4 is 15.9 Å². The normalized spacial score (nSPS) is 13.3. The van der Waals surface area contributed by atoms with E-state index in [9.17, 15) is 14.9 Å². The summed E-state index contributed by atoms with van der Waals surface area (Å²) in [5.74, 6) is 0.295. The summed E-state index contributed by atoms with van der Waals surface area (Å²) in [6.07, 6.45) is 0. The van der Waals surface area contributed by atoms with Gasteiger partial charge in [-0.25, -0.2) is 4.99 Å². The number of benzene rings is 5. The van der Waals surface area contributed by atoms with Gasteiger partial charge in [0.25, 0.3) is 11.6 Å². The van der Waals surface area contributed by atoms with Gasteiger partial charge >= 0.3 is 0 Å². The highest BCUT2D eigenvalue weighted by Gasteiger charge is 2.38. The van der Waals surface area contributed by atoms with Crippen LogP contribution in [0.25, 0.3) is 0 Å². The molecule has 9 heteroatoms. The molecule has 44 heavy (non-hydrogen) atoms. The van der Waals surface area contributed by atoms with Crippen molar-refractivity contribution >= 4 is 73.9 Å². The molecule has 6 rings (SSSR count). The van der Waals surface area contributed by atoms with Gasteiger partial charge in [-0.05, 0) is 46.6 Å².